The molecular weight excluding hydrogens is 316 g/mol. The highest BCUT2D eigenvalue weighted by Crippen LogP contribution is 2.33. The van der Waals surface area contributed by atoms with Crippen molar-refractivity contribution >= 4 is 0 Å². The Kier molecular flexibility index (Phi) is 10.2. The van der Waals surface area contributed by atoms with Gasteiger partial charge >= 0.3 is 0 Å². The topological polar surface area (TPSA) is 0 Å². The molecule has 26 heavy (non-hydrogen) atoms. The Bertz CT molecular complexity index is 368. The summed E-state index contributed by atoms with van der Waals surface area (Å²) in [5.74, 6) is 0.993. The molecule has 2 heterocycles. The molecule has 0 aliphatic carbocycles. The highest BCUT2D eigenvalue weighted by molar-refractivity contribution is 4.71. The van der Waals surface area contributed by atoms with Crippen molar-refractivity contribution in [3.8, 4) is 0 Å². The first-order valence-corrected chi connectivity index (χ1v) is 12.0. The molecule has 2 aliphatic heterocycles. The van der Waals surface area contributed by atoms with Crippen LogP contribution in [0.3, 0.4) is 0 Å². The van der Waals surface area contributed by atoms with Gasteiger partial charge in [-0.1, -0.05) is 27.7 Å². The molecule has 5 atom stereocenters. The average Bonchev–Trinajstić information content (AvgIpc) is 2.68. The minimum atomic E-state index is 0.934. The lowest BCUT2D eigenvalue weighted by atomic mass is 9.88. The summed E-state index contributed by atoms with van der Waals surface area (Å²) in [6, 6.07) is 2.81. The van der Waals surface area contributed by atoms with Crippen LogP contribution in [0.1, 0.15) is 99.3 Å². The molecule has 2 rings (SSSR count). The molecule has 2 fully saturated rings. The quantitative estimate of drug-likeness (QED) is 0.486. The molecule has 0 spiro atoms. The van der Waals surface area contributed by atoms with E-state index in [9.17, 15) is 0 Å². The van der Waals surface area contributed by atoms with Gasteiger partial charge in [0.25, 0.3) is 0 Å². The SMILES string of the molecule is CCC1CCC(CC)[N+](C)(CC)C1.CCC1CCCC(CC)[N+]1(C)CC. The van der Waals surface area contributed by atoms with Gasteiger partial charge in [0.05, 0.1) is 51.9 Å². The summed E-state index contributed by atoms with van der Waals surface area (Å²) in [5, 5.41) is 0. The van der Waals surface area contributed by atoms with E-state index in [0.29, 0.717) is 0 Å². The van der Waals surface area contributed by atoms with Crippen molar-refractivity contribution < 1.29 is 8.97 Å². The van der Waals surface area contributed by atoms with Crippen LogP contribution in [0.2, 0.25) is 0 Å². The summed E-state index contributed by atoms with van der Waals surface area (Å²) in [6.45, 7) is 18.2. The van der Waals surface area contributed by atoms with Gasteiger partial charge in [0.15, 0.2) is 0 Å². The number of hydrogen-bond acceptors (Lipinski definition) is 0. The molecule has 5 unspecified atom stereocenters. The first kappa shape index (κ1) is 24.0. The Hall–Kier alpha value is -0.0800. The van der Waals surface area contributed by atoms with Crippen molar-refractivity contribution in [3.05, 3.63) is 0 Å². The van der Waals surface area contributed by atoms with Crippen LogP contribution in [0.4, 0.5) is 0 Å². The molecule has 2 saturated heterocycles. The van der Waals surface area contributed by atoms with E-state index in [4.69, 9.17) is 0 Å². The monoisotopic (exact) mass is 368 g/mol. The van der Waals surface area contributed by atoms with E-state index in [1.54, 1.807) is 0 Å². The van der Waals surface area contributed by atoms with Gasteiger partial charge < -0.3 is 8.97 Å². The zero-order valence-corrected chi connectivity index (χ0v) is 19.7. The summed E-state index contributed by atoms with van der Waals surface area (Å²) >= 11 is 0. The third-order valence-electron chi connectivity index (χ3n) is 8.60. The smallest absolute Gasteiger partial charge is 0.0887 e. The van der Waals surface area contributed by atoms with Crippen LogP contribution in [0, 0.1) is 5.92 Å². The van der Waals surface area contributed by atoms with Gasteiger partial charge in [0.2, 0.25) is 0 Å². The fraction of sp³-hybridized carbons (Fsp3) is 1.00. The van der Waals surface area contributed by atoms with Crippen molar-refractivity contribution in [2.75, 3.05) is 33.7 Å². The summed E-state index contributed by atoms with van der Waals surface area (Å²) in [5.41, 5.74) is 0. The molecule has 0 aromatic heterocycles. The Morgan fingerprint density at radius 3 is 1.54 bits per heavy atom. The first-order valence-electron chi connectivity index (χ1n) is 12.0. The van der Waals surface area contributed by atoms with Crippen LogP contribution >= 0.6 is 0 Å². The molecule has 0 N–H and O–H groups in total. The normalized spacial score (nSPS) is 40.6. The van der Waals surface area contributed by atoms with Crippen LogP contribution in [-0.4, -0.2) is 60.8 Å². The Labute approximate surface area is 166 Å². The minimum Gasteiger partial charge on any atom is -0.324 e. The van der Waals surface area contributed by atoms with E-state index in [1.807, 2.05) is 0 Å². The molecule has 0 aromatic rings. The number of quaternary nitrogens is 2. The Balaban J connectivity index is 0.000000260. The molecule has 2 nitrogen and oxygen atoms in total. The summed E-state index contributed by atoms with van der Waals surface area (Å²) in [4.78, 5) is 0. The summed E-state index contributed by atoms with van der Waals surface area (Å²) in [6.07, 6.45) is 12.8. The van der Waals surface area contributed by atoms with E-state index in [1.165, 1.54) is 86.4 Å². The van der Waals surface area contributed by atoms with Crippen molar-refractivity contribution in [2.24, 2.45) is 5.92 Å². The third-order valence-corrected chi connectivity index (χ3v) is 8.60. The Morgan fingerprint density at radius 1 is 0.615 bits per heavy atom. The number of nitrogens with zero attached hydrogens (tertiary/aromatic N) is 2. The van der Waals surface area contributed by atoms with Crippen LogP contribution < -0.4 is 0 Å². The van der Waals surface area contributed by atoms with Gasteiger partial charge in [0.1, 0.15) is 0 Å². The van der Waals surface area contributed by atoms with Gasteiger partial charge in [-0.25, -0.2) is 0 Å². The molecule has 0 radical (unpaired) electrons. The molecule has 156 valence electrons. The maximum absolute atomic E-state index is 2.47. The van der Waals surface area contributed by atoms with Crippen molar-refractivity contribution in [1.82, 2.24) is 0 Å². The van der Waals surface area contributed by atoms with Crippen LogP contribution in [0.15, 0.2) is 0 Å². The van der Waals surface area contributed by atoms with Crippen molar-refractivity contribution in [1.29, 1.82) is 0 Å². The van der Waals surface area contributed by atoms with Gasteiger partial charge in [-0.15, -0.1) is 0 Å². The fourth-order valence-corrected chi connectivity index (χ4v) is 6.17. The lowest BCUT2D eigenvalue weighted by Gasteiger charge is -2.50. The van der Waals surface area contributed by atoms with Crippen molar-refractivity contribution in [3.63, 3.8) is 0 Å². The second kappa shape index (κ2) is 11.1. The average molecular weight is 369 g/mol. The standard InChI is InChI=1S/2C12H26N/c1-5-11-8-9-12(6-2)13(4,7-3)10-11;1-5-11-9-8-10-12(6-2)13(11,4)7-3/h2*11-12H,5-10H2,1-4H3/q2*+1. The molecule has 2 aliphatic rings. The second-order valence-corrected chi connectivity index (χ2v) is 9.61. The summed E-state index contributed by atoms with van der Waals surface area (Å²) in [7, 11) is 4.93. The molecule has 2 heteroatoms. The highest BCUT2D eigenvalue weighted by atomic mass is 15.4. The van der Waals surface area contributed by atoms with Crippen LogP contribution in [0.25, 0.3) is 0 Å². The van der Waals surface area contributed by atoms with Gasteiger partial charge in [-0.3, -0.25) is 0 Å². The summed E-state index contributed by atoms with van der Waals surface area (Å²) < 4.78 is 2.67. The predicted molar refractivity (Wildman–Crippen MR) is 117 cm³/mol. The van der Waals surface area contributed by atoms with Crippen LogP contribution in [-0.2, 0) is 0 Å². The minimum absolute atomic E-state index is 0.934. The molecule has 0 aromatic carbocycles. The van der Waals surface area contributed by atoms with Gasteiger partial charge in [0, 0.05) is 5.92 Å². The molecular formula is C24H52N2+2. The van der Waals surface area contributed by atoms with E-state index in [0.717, 1.165) is 24.0 Å². The van der Waals surface area contributed by atoms with Crippen molar-refractivity contribution in [2.45, 2.75) is 117 Å². The lowest BCUT2D eigenvalue weighted by molar-refractivity contribution is -0.960. The number of piperidine rings is 2. The zero-order chi connectivity index (χ0) is 19.8. The van der Waals surface area contributed by atoms with Gasteiger partial charge in [-0.2, -0.15) is 0 Å². The van der Waals surface area contributed by atoms with Crippen LogP contribution in [0.5, 0.6) is 0 Å². The third kappa shape index (κ3) is 5.47. The first-order chi connectivity index (χ1) is 12.3. The molecule has 0 amide bonds. The number of likely N-dealkylation sites (tertiary alicyclic amines) is 2. The largest absolute Gasteiger partial charge is 0.324 e. The van der Waals surface area contributed by atoms with Gasteiger partial charge in [-0.05, 0) is 71.6 Å². The molecule has 0 saturated carbocycles. The van der Waals surface area contributed by atoms with E-state index >= 15 is 0 Å². The maximum Gasteiger partial charge on any atom is 0.0887 e. The maximum atomic E-state index is 2.47. The van der Waals surface area contributed by atoms with E-state index in [2.05, 4.69) is 55.6 Å². The fourth-order valence-electron chi connectivity index (χ4n) is 6.17. The Morgan fingerprint density at radius 2 is 1.15 bits per heavy atom. The predicted octanol–water partition coefficient (Wildman–Crippen LogP) is 6.25. The zero-order valence-electron chi connectivity index (χ0n) is 19.7. The second-order valence-electron chi connectivity index (χ2n) is 9.61. The highest BCUT2D eigenvalue weighted by Gasteiger charge is 2.39. The van der Waals surface area contributed by atoms with E-state index in [-0.39, 0.29) is 0 Å². The molecule has 0 bridgehead atoms. The number of rotatable bonds is 6. The van der Waals surface area contributed by atoms with E-state index < -0.39 is 0 Å². The lowest BCUT2D eigenvalue weighted by Crippen LogP contribution is -2.60. The number of hydrogen-bond donors (Lipinski definition) is 0.